The molecule has 26 heavy (non-hydrogen) atoms. The summed E-state index contributed by atoms with van der Waals surface area (Å²) in [5.74, 6) is 0.249. The Labute approximate surface area is 162 Å². The molecule has 140 valence electrons. The number of ether oxygens (including phenoxy) is 1. The van der Waals surface area contributed by atoms with Crippen molar-refractivity contribution in [2.24, 2.45) is 0 Å². The zero-order valence-electron chi connectivity index (χ0n) is 14.8. The predicted molar refractivity (Wildman–Crippen MR) is 107 cm³/mol. The number of halogens is 1. The molecule has 0 aliphatic carbocycles. The largest absolute Gasteiger partial charge is 0.483 e. The van der Waals surface area contributed by atoms with Crippen LogP contribution in [0.25, 0.3) is 0 Å². The van der Waals surface area contributed by atoms with E-state index in [1.54, 1.807) is 24.3 Å². The predicted octanol–water partition coefficient (Wildman–Crippen LogP) is 3.42. The average Bonchev–Trinajstić information content (AvgIpc) is 2.59. The molecular formula is C18H21BrN2O4S. The lowest BCUT2D eigenvalue weighted by Crippen LogP contribution is -2.25. The number of benzene rings is 2. The third-order valence-electron chi connectivity index (χ3n) is 3.75. The highest BCUT2D eigenvalue weighted by Crippen LogP contribution is 2.26. The molecule has 1 amide bonds. The van der Waals surface area contributed by atoms with E-state index < -0.39 is 10.0 Å². The minimum absolute atomic E-state index is 0.157. The molecule has 0 heterocycles. The van der Waals surface area contributed by atoms with Gasteiger partial charge in [0.05, 0.1) is 16.4 Å². The second kappa shape index (κ2) is 8.55. The van der Waals surface area contributed by atoms with Gasteiger partial charge in [-0.1, -0.05) is 19.1 Å². The summed E-state index contributed by atoms with van der Waals surface area (Å²) >= 11 is 3.43. The number of rotatable bonds is 7. The standard InChI is InChI=1S/C18H21BrN2O4S/c1-4-13-8-9-17(16(19)10-13)25-12-18(22)20-14-6-5-7-15(11-14)21(2)26(3,23)24/h5-11H,4,12H2,1-3H3,(H,20,22). The van der Waals surface area contributed by atoms with Gasteiger partial charge in [-0.05, 0) is 58.2 Å². The van der Waals surface area contributed by atoms with Crippen LogP contribution in [-0.2, 0) is 21.2 Å². The number of anilines is 2. The highest BCUT2D eigenvalue weighted by molar-refractivity contribution is 9.10. The summed E-state index contributed by atoms with van der Waals surface area (Å²) in [5, 5.41) is 2.70. The molecule has 0 aliphatic rings. The van der Waals surface area contributed by atoms with Gasteiger partial charge in [-0.25, -0.2) is 8.42 Å². The van der Waals surface area contributed by atoms with Gasteiger partial charge in [0, 0.05) is 12.7 Å². The summed E-state index contributed by atoms with van der Waals surface area (Å²) < 4.78 is 30.7. The molecule has 8 heteroatoms. The zero-order chi connectivity index (χ0) is 19.3. The second-order valence-corrected chi connectivity index (χ2v) is 8.60. The van der Waals surface area contributed by atoms with Crippen molar-refractivity contribution < 1.29 is 17.9 Å². The number of sulfonamides is 1. The Kier molecular flexibility index (Phi) is 6.66. The molecule has 0 radical (unpaired) electrons. The van der Waals surface area contributed by atoms with Gasteiger partial charge in [0.2, 0.25) is 10.0 Å². The molecule has 0 saturated carbocycles. The van der Waals surface area contributed by atoms with Crippen LogP contribution in [-0.4, -0.2) is 34.2 Å². The van der Waals surface area contributed by atoms with Crippen molar-refractivity contribution in [1.29, 1.82) is 0 Å². The SMILES string of the molecule is CCc1ccc(OCC(=O)Nc2cccc(N(C)S(C)(=O)=O)c2)c(Br)c1. The number of nitrogens with zero attached hydrogens (tertiary/aromatic N) is 1. The van der Waals surface area contributed by atoms with Gasteiger partial charge < -0.3 is 10.1 Å². The molecule has 0 bridgehead atoms. The van der Waals surface area contributed by atoms with E-state index >= 15 is 0 Å². The average molecular weight is 441 g/mol. The molecule has 0 fully saturated rings. The van der Waals surface area contributed by atoms with E-state index in [4.69, 9.17) is 4.74 Å². The van der Waals surface area contributed by atoms with Crippen LogP contribution in [0, 0.1) is 0 Å². The third kappa shape index (κ3) is 5.47. The van der Waals surface area contributed by atoms with Crippen LogP contribution in [0.5, 0.6) is 5.75 Å². The fraction of sp³-hybridized carbons (Fsp3) is 0.278. The van der Waals surface area contributed by atoms with Crippen LogP contribution in [0.15, 0.2) is 46.9 Å². The Bertz CT molecular complexity index is 900. The Hall–Kier alpha value is -2.06. The van der Waals surface area contributed by atoms with E-state index in [9.17, 15) is 13.2 Å². The maximum Gasteiger partial charge on any atom is 0.262 e. The van der Waals surface area contributed by atoms with Gasteiger partial charge in [0.1, 0.15) is 5.75 Å². The molecule has 0 atom stereocenters. The summed E-state index contributed by atoms with van der Waals surface area (Å²) in [6.45, 7) is 1.90. The van der Waals surface area contributed by atoms with Crippen molar-refractivity contribution in [2.45, 2.75) is 13.3 Å². The van der Waals surface area contributed by atoms with Gasteiger partial charge in [-0.3, -0.25) is 9.10 Å². The Morgan fingerprint density at radius 2 is 1.96 bits per heavy atom. The first-order chi connectivity index (χ1) is 12.2. The monoisotopic (exact) mass is 440 g/mol. The van der Waals surface area contributed by atoms with Gasteiger partial charge >= 0.3 is 0 Å². The zero-order valence-corrected chi connectivity index (χ0v) is 17.2. The van der Waals surface area contributed by atoms with E-state index in [2.05, 4.69) is 28.2 Å². The highest BCUT2D eigenvalue weighted by atomic mass is 79.9. The number of carbonyl (C=O) groups is 1. The van der Waals surface area contributed by atoms with Gasteiger partial charge in [0.15, 0.2) is 6.61 Å². The molecule has 6 nitrogen and oxygen atoms in total. The lowest BCUT2D eigenvalue weighted by Gasteiger charge is -2.17. The summed E-state index contributed by atoms with van der Waals surface area (Å²) in [4.78, 5) is 12.1. The van der Waals surface area contributed by atoms with Crippen LogP contribution in [0.3, 0.4) is 0 Å². The molecule has 0 spiro atoms. The Morgan fingerprint density at radius 3 is 2.58 bits per heavy atom. The van der Waals surface area contributed by atoms with Crippen LogP contribution in [0.2, 0.25) is 0 Å². The maximum atomic E-state index is 12.1. The van der Waals surface area contributed by atoms with Crippen LogP contribution < -0.4 is 14.4 Å². The van der Waals surface area contributed by atoms with Crippen LogP contribution in [0.4, 0.5) is 11.4 Å². The first kappa shape index (κ1) is 20.3. The van der Waals surface area contributed by atoms with Gasteiger partial charge in [-0.15, -0.1) is 0 Å². The fourth-order valence-corrected chi connectivity index (χ4v) is 3.23. The number of amides is 1. The molecule has 0 saturated heterocycles. The van der Waals surface area contributed by atoms with E-state index in [1.165, 1.54) is 12.6 Å². The number of nitrogens with one attached hydrogen (secondary N) is 1. The van der Waals surface area contributed by atoms with Gasteiger partial charge in [-0.2, -0.15) is 0 Å². The Morgan fingerprint density at radius 1 is 1.23 bits per heavy atom. The number of aryl methyl sites for hydroxylation is 1. The Balaban J connectivity index is 2.00. The summed E-state index contributed by atoms with van der Waals surface area (Å²) in [7, 11) is -1.91. The van der Waals surface area contributed by atoms with Gasteiger partial charge in [0.25, 0.3) is 5.91 Å². The maximum absolute atomic E-state index is 12.1. The highest BCUT2D eigenvalue weighted by Gasteiger charge is 2.13. The minimum atomic E-state index is -3.37. The van der Waals surface area contributed by atoms with E-state index in [0.717, 1.165) is 21.5 Å². The summed E-state index contributed by atoms with van der Waals surface area (Å²) in [6, 6.07) is 12.3. The third-order valence-corrected chi connectivity index (χ3v) is 5.58. The molecule has 0 aliphatic heterocycles. The van der Waals surface area contributed by atoms with Crippen molar-refractivity contribution in [3.8, 4) is 5.75 Å². The van der Waals surface area contributed by atoms with Crippen molar-refractivity contribution >= 4 is 43.2 Å². The molecule has 1 N–H and O–H groups in total. The first-order valence-corrected chi connectivity index (χ1v) is 10.6. The van der Waals surface area contributed by atoms with E-state index in [-0.39, 0.29) is 12.5 Å². The van der Waals surface area contributed by atoms with Crippen molar-refractivity contribution in [3.63, 3.8) is 0 Å². The first-order valence-electron chi connectivity index (χ1n) is 7.95. The number of carbonyl (C=O) groups excluding carboxylic acids is 1. The van der Waals surface area contributed by atoms with Crippen molar-refractivity contribution in [2.75, 3.05) is 29.5 Å². The normalized spacial score (nSPS) is 11.1. The summed E-state index contributed by atoms with van der Waals surface area (Å²) in [6.07, 6.45) is 2.03. The van der Waals surface area contributed by atoms with Crippen molar-refractivity contribution in [1.82, 2.24) is 0 Å². The van der Waals surface area contributed by atoms with Crippen molar-refractivity contribution in [3.05, 3.63) is 52.5 Å². The second-order valence-electron chi connectivity index (χ2n) is 5.74. The smallest absolute Gasteiger partial charge is 0.262 e. The quantitative estimate of drug-likeness (QED) is 0.715. The minimum Gasteiger partial charge on any atom is -0.483 e. The molecule has 2 aromatic rings. The van der Waals surface area contributed by atoms with Crippen LogP contribution in [0.1, 0.15) is 12.5 Å². The molecule has 2 aromatic carbocycles. The fourth-order valence-electron chi connectivity index (χ4n) is 2.19. The summed E-state index contributed by atoms with van der Waals surface area (Å²) in [5.41, 5.74) is 2.12. The number of hydrogen-bond acceptors (Lipinski definition) is 4. The molecular weight excluding hydrogens is 420 g/mol. The lowest BCUT2D eigenvalue weighted by molar-refractivity contribution is -0.118. The number of hydrogen-bond donors (Lipinski definition) is 1. The van der Waals surface area contributed by atoms with E-state index in [1.807, 2.05) is 18.2 Å². The van der Waals surface area contributed by atoms with E-state index in [0.29, 0.717) is 17.1 Å². The molecule has 2 rings (SSSR count). The molecule has 0 unspecified atom stereocenters. The lowest BCUT2D eigenvalue weighted by atomic mass is 10.2. The topological polar surface area (TPSA) is 75.7 Å². The van der Waals surface area contributed by atoms with Crippen LogP contribution >= 0.6 is 15.9 Å². The molecule has 0 aromatic heterocycles.